The van der Waals surface area contributed by atoms with E-state index in [2.05, 4.69) is 10.1 Å². The number of hydrogen-bond acceptors (Lipinski definition) is 6. The number of esters is 1. The molecule has 3 rings (SSSR count). The molecule has 0 radical (unpaired) electrons. The fraction of sp³-hybridized carbons (Fsp3) is 0.286. The maximum Gasteiger partial charge on any atom is 0.437 e. The third-order valence-corrected chi connectivity index (χ3v) is 5.15. The Balaban J connectivity index is 2.10. The molecule has 11 heteroatoms. The van der Waals surface area contributed by atoms with Crippen LogP contribution in [0.15, 0.2) is 48.5 Å². The van der Waals surface area contributed by atoms with Gasteiger partial charge in [-0.15, -0.1) is 0 Å². The van der Waals surface area contributed by atoms with E-state index in [0.717, 1.165) is 7.11 Å². The molecule has 1 heterocycles. The number of halogens is 3. The molecule has 0 saturated carbocycles. The fourth-order valence-corrected chi connectivity index (χ4v) is 3.50. The number of methoxy groups -OCH3 is 2. The van der Waals surface area contributed by atoms with Crippen LogP contribution >= 0.6 is 0 Å². The zero-order valence-corrected chi connectivity index (χ0v) is 16.9. The number of ketones is 1. The van der Waals surface area contributed by atoms with Crippen molar-refractivity contribution in [2.75, 3.05) is 14.2 Å². The third-order valence-electron chi connectivity index (χ3n) is 5.15. The van der Waals surface area contributed by atoms with Gasteiger partial charge < -0.3 is 25.2 Å². The van der Waals surface area contributed by atoms with E-state index in [9.17, 15) is 32.7 Å². The van der Waals surface area contributed by atoms with Crippen molar-refractivity contribution in [3.05, 3.63) is 65.2 Å². The normalized spacial score (nSPS) is 23.0. The van der Waals surface area contributed by atoms with Gasteiger partial charge in [0.2, 0.25) is 5.72 Å². The van der Waals surface area contributed by atoms with Crippen LogP contribution in [0.5, 0.6) is 5.75 Å². The molecule has 32 heavy (non-hydrogen) atoms. The molecular formula is C21H19F3N2O6. The number of hydrogen-bond donors (Lipinski definition) is 3. The molecule has 3 atom stereocenters. The Morgan fingerprint density at radius 1 is 1.00 bits per heavy atom. The molecule has 3 N–H and O–H groups in total. The number of ether oxygens (including phenoxy) is 2. The maximum absolute atomic E-state index is 13.9. The summed E-state index contributed by atoms with van der Waals surface area (Å²) in [7, 11) is 2.55. The molecule has 8 nitrogen and oxygen atoms in total. The maximum atomic E-state index is 13.9. The van der Waals surface area contributed by atoms with E-state index in [4.69, 9.17) is 4.74 Å². The van der Waals surface area contributed by atoms with Crippen LogP contribution in [0.3, 0.4) is 0 Å². The molecule has 0 aromatic heterocycles. The lowest BCUT2D eigenvalue weighted by atomic mass is 9.77. The third kappa shape index (κ3) is 4.11. The van der Waals surface area contributed by atoms with E-state index in [1.165, 1.54) is 61.0 Å². The number of Topliss-reactive ketones (excluding diaryl/α,β-unsaturated/α-hetero) is 1. The second-order valence-electron chi connectivity index (χ2n) is 7.02. The molecular weight excluding hydrogens is 433 g/mol. The second kappa shape index (κ2) is 8.50. The summed E-state index contributed by atoms with van der Waals surface area (Å²) in [6, 6.07) is 7.50. The highest BCUT2D eigenvalue weighted by atomic mass is 19.4. The first kappa shape index (κ1) is 23.1. The van der Waals surface area contributed by atoms with Gasteiger partial charge in [0.15, 0.2) is 5.78 Å². The number of aliphatic hydroxyl groups is 1. The van der Waals surface area contributed by atoms with Gasteiger partial charge in [0.25, 0.3) is 0 Å². The number of nitrogens with one attached hydrogen (secondary N) is 2. The van der Waals surface area contributed by atoms with Crippen LogP contribution in [0.4, 0.5) is 18.0 Å². The average Bonchev–Trinajstić information content (AvgIpc) is 2.77. The summed E-state index contributed by atoms with van der Waals surface area (Å²) in [5, 5.41) is 14.3. The minimum absolute atomic E-state index is 0.0713. The predicted molar refractivity (Wildman–Crippen MR) is 104 cm³/mol. The summed E-state index contributed by atoms with van der Waals surface area (Å²) >= 11 is 0. The van der Waals surface area contributed by atoms with Gasteiger partial charge >= 0.3 is 18.2 Å². The van der Waals surface area contributed by atoms with Crippen LogP contribution in [-0.4, -0.2) is 49.0 Å². The highest BCUT2D eigenvalue weighted by Gasteiger charge is 2.66. The van der Waals surface area contributed by atoms with Gasteiger partial charge in [-0.25, -0.2) is 9.59 Å². The van der Waals surface area contributed by atoms with Gasteiger partial charge in [-0.1, -0.05) is 12.1 Å². The molecule has 1 saturated heterocycles. The van der Waals surface area contributed by atoms with E-state index in [-0.39, 0.29) is 16.7 Å². The Kier molecular flexibility index (Phi) is 6.13. The van der Waals surface area contributed by atoms with Crippen LogP contribution in [0.2, 0.25) is 0 Å². The van der Waals surface area contributed by atoms with Gasteiger partial charge in [-0.2, -0.15) is 13.2 Å². The minimum Gasteiger partial charge on any atom is -0.497 e. The predicted octanol–water partition coefficient (Wildman–Crippen LogP) is 2.59. The van der Waals surface area contributed by atoms with Crippen LogP contribution < -0.4 is 15.4 Å². The van der Waals surface area contributed by atoms with Crippen molar-refractivity contribution in [2.45, 2.75) is 17.9 Å². The molecule has 0 bridgehead atoms. The first-order chi connectivity index (χ1) is 15.0. The summed E-state index contributed by atoms with van der Waals surface area (Å²) in [6.45, 7) is 0. The quantitative estimate of drug-likeness (QED) is 0.475. The zero-order chi connectivity index (χ0) is 23.7. The zero-order valence-electron chi connectivity index (χ0n) is 16.9. The van der Waals surface area contributed by atoms with Crippen molar-refractivity contribution in [2.24, 2.45) is 5.92 Å². The number of amides is 2. The Morgan fingerprint density at radius 2 is 1.56 bits per heavy atom. The summed E-state index contributed by atoms with van der Waals surface area (Å²) in [4.78, 5) is 36.9. The largest absolute Gasteiger partial charge is 0.497 e. The number of urea groups is 1. The average molecular weight is 452 g/mol. The van der Waals surface area contributed by atoms with Gasteiger partial charge in [0.1, 0.15) is 11.7 Å². The number of rotatable bonds is 5. The summed E-state index contributed by atoms with van der Waals surface area (Å²) in [5.74, 6) is -3.55. The van der Waals surface area contributed by atoms with Crippen LogP contribution in [0, 0.1) is 5.92 Å². The van der Waals surface area contributed by atoms with Crippen molar-refractivity contribution >= 4 is 17.8 Å². The molecule has 1 aliphatic rings. The van der Waals surface area contributed by atoms with E-state index >= 15 is 0 Å². The number of benzene rings is 2. The Labute approximate surface area is 180 Å². The number of alkyl halides is 3. The molecule has 2 aromatic carbocycles. The Hall–Kier alpha value is -3.60. The second-order valence-corrected chi connectivity index (χ2v) is 7.02. The summed E-state index contributed by atoms with van der Waals surface area (Å²) in [6.07, 6.45) is -5.37. The van der Waals surface area contributed by atoms with Gasteiger partial charge in [0.05, 0.1) is 25.8 Å². The number of carbonyl (C=O) groups is 3. The van der Waals surface area contributed by atoms with Crippen LogP contribution in [0.25, 0.3) is 0 Å². The Bertz CT molecular complexity index is 1020. The molecule has 2 aromatic rings. The number of carbonyl (C=O) groups excluding carboxylic acids is 3. The molecule has 0 spiro atoms. The molecule has 1 fully saturated rings. The van der Waals surface area contributed by atoms with Crippen molar-refractivity contribution in [3.8, 4) is 5.75 Å². The van der Waals surface area contributed by atoms with E-state index in [0.29, 0.717) is 5.75 Å². The fourth-order valence-electron chi connectivity index (χ4n) is 3.50. The topological polar surface area (TPSA) is 114 Å². The van der Waals surface area contributed by atoms with Crippen molar-refractivity contribution in [3.63, 3.8) is 0 Å². The summed E-state index contributed by atoms with van der Waals surface area (Å²) in [5.41, 5.74) is -3.80. The lowest BCUT2D eigenvalue weighted by molar-refractivity contribution is -0.287. The monoisotopic (exact) mass is 452 g/mol. The van der Waals surface area contributed by atoms with Crippen LogP contribution in [-0.2, 0) is 4.74 Å². The molecule has 170 valence electrons. The lowest BCUT2D eigenvalue weighted by Gasteiger charge is -2.45. The lowest BCUT2D eigenvalue weighted by Crippen LogP contribution is -2.72. The highest BCUT2D eigenvalue weighted by molar-refractivity contribution is 6.00. The highest BCUT2D eigenvalue weighted by Crippen LogP contribution is 2.44. The van der Waals surface area contributed by atoms with Gasteiger partial charge in [-0.3, -0.25) is 4.79 Å². The van der Waals surface area contributed by atoms with Gasteiger partial charge in [0, 0.05) is 5.56 Å². The molecule has 0 aliphatic carbocycles. The molecule has 3 unspecified atom stereocenters. The van der Waals surface area contributed by atoms with Crippen molar-refractivity contribution in [1.82, 2.24) is 10.6 Å². The van der Waals surface area contributed by atoms with Crippen LogP contribution in [0.1, 0.15) is 32.3 Å². The molecule has 1 aliphatic heterocycles. The van der Waals surface area contributed by atoms with E-state index in [1.54, 1.807) is 0 Å². The Morgan fingerprint density at radius 3 is 2.06 bits per heavy atom. The summed E-state index contributed by atoms with van der Waals surface area (Å²) < 4.78 is 51.3. The first-order valence-electron chi connectivity index (χ1n) is 9.26. The smallest absolute Gasteiger partial charge is 0.437 e. The SMILES string of the molecule is COC(=O)c1ccc(C2NC(=O)NC(O)(C(F)(F)F)C2C(=O)c2ccc(OC)cc2)cc1. The minimum atomic E-state index is -5.37. The van der Waals surface area contributed by atoms with E-state index < -0.39 is 41.6 Å². The standard InChI is InChI=1S/C21H19F3N2O6/c1-31-14-9-7-12(8-10-14)17(27)15-16(11-3-5-13(6-4-11)18(28)32-2)25-19(29)26-20(15,30)21(22,23)24/h3-10,15-16,30H,1-2H3,(H2,25,26,29). The first-order valence-corrected chi connectivity index (χ1v) is 9.26. The van der Waals surface area contributed by atoms with Crippen molar-refractivity contribution < 1.29 is 42.1 Å². The molecule has 2 amide bonds. The van der Waals surface area contributed by atoms with Gasteiger partial charge in [-0.05, 0) is 42.0 Å². The van der Waals surface area contributed by atoms with Crippen molar-refractivity contribution in [1.29, 1.82) is 0 Å². The van der Waals surface area contributed by atoms with E-state index in [1.807, 2.05) is 0 Å².